The Balaban J connectivity index is 0.000000334. The van der Waals surface area contributed by atoms with E-state index < -0.39 is 0 Å². The molecule has 0 aliphatic heterocycles. The maximum absolute atomic E-state index is 3.48. The molecule has 1 aliphatic carbocycles. The van der Waals surface area contributed by atoms with Crippen molar-refractivity contribution in [3.8, 4) is 0 Å². The fourth-order valence-corrected chi connectivity index (χ4v) is 2.78. The van der Waals surface area contributed by atoms with Crippen molar-refractivity contribution in [2.45, 2.75) is 40.3 Å². The summed E-state index contributed by atoms with van der Waals surface area (Å²) in [5, 5.41) is 0. The average molecular weight is 346 g/mol. The molecule has 2 heteroatoms. The summed E-state index contributed by atoms with van der Waals surface area (Å²) in [6, 6.07) is 20.0. The van der Waals surface area contributed by atoms with Gasteiger partial charge in [-0.15, -0.1) is 0 Å². The molecule has 1 fully saturated rings. The molecule has 1 unspecified atom stereocenters. The van der Waals surface area contributed by atoms with Gasteiger partial charge >= 0.3 is 0 Å². The zero-order valence-corrected chi connectivity index (χ0v) is 16.8. The standard InChI is InChI=1S/C10H17P.2C5H5.Ti/c1-9(2,3)7-11-8-6-10(8,4)5;2*1-2-4-5-3-1;/h6,8H,1-5H3;2*1-5H;/q-2;2*-1;. The van der Waals surface area contributed by atoms with Crippen molar-refractivity contribution in [1.29, 1.82) is 0 Å². The van der Waals surface area contributed by atoms with Crippen molar-refractivity contribution in [3.05, 3.63) is 67.1 Å². The van der Waals surface area contributed by atoms with Gasteiger partial charge in [0.05, 0.1) is 0 Å². The van der Waals surface area contributed by atoms with E-state index in [0.717, 1.165) is 5.66 Å². The van der Waals surface area contributed by atoms with Crippen LogP contribution in [-0.4, -0.2) is 11.5 Å². The summed E-state index contributed by atoms with van der Waals surface area (Å²) in [5.74, 6) is 3.48. The van der Waals surface area contributed by atoms with Crippen molar-refractivity contribution in [2.24, 2.45) is 10.8 Å². The van der Waals surface area contributed by atoms with Gasteiger partial charge in [-0.25, -0.2) is 24.3 Å². The van der Waals surface area contributed by atoms with Crippen LogP contribution in [0.2, 0.25) is 0 Å². The van der Waals surface area contributed by atoms with Crippen LogP contribution in [0.4, 0.5) is 0 Å². The summed E-state index contributed by atoms with van der Waals surface area (Å²) in [5.41, 5.74) is 1.51. The SMILES string of the molecule is CC(C)(C)[C-]=PC1[CH-]C1(C)C.[Ti].c1cc[cH-]c1.c1cc[cH-]c1. The second kappa shape index (κ2) is 10.4. The predicted molar refractivity (Wildman–Crippen MR) is 97.3 cm³/mol. The molecule has 0 heterocycles. The normalized spacial score (nSPS) is 18.3. The minimum Gasteiger partial charge on any atom is -0.464 e. The maximum atomic E-state index is 3.48. The zero-order chi connectivity index (χ0) is 15.8. The van der Waals surface area contributed by atoms with E-state index in [0.29, 0.717) is 5.41 Å². The third-order valence-corrected chi connectivity index (χ3v) is 4.78. The van der Waals surface area contributed by atoms with Crippen LogP contribution >= 0.6 is 8.20 Å². The molecule has 0 aromatic heterocycles. The van der Waals surface area contributed by atoms with E-state index in [-0.39, 0.29) is 27.1 Å². The molecule has 0 amide bonds. The zero-order valence-electron chi connectivity index (χ0n) is 14.4. The van der Waals surface area contributed by atoms with Gasteiger partial charge in [-0.3, -0.25) is 0 Å². The number of hydrogen-bond acceptors (Lipinski definition) is 0. The Morgan fingerprint density at radius 2 is 1.27 bits per heavy atom. The van der Waals surface area contributed by atoms with Crippen molar-refractivity contribution in [1.82, 2.24) is 0 Å². The van der Waals surface area contributed by atoms with Gasteiger partial charge in [0, 0.05) is 21.7 Å². The summed E-state index contributed by atoms with van der Waals surface area (Å²) in [7, 11) is 1.37. The molecule has 3 rings (SSSR count). The van der Waals surface area contributed by atoms with E-state index in [1.54, 1.807) is 0 Å². The monoisotopic (exact) mass is 346 g/mol. The molecule has 0 radical (unpaired) electrons. The van der Waals surface area contributed by atoms with Crippen molar-refractivity contribution in [2.75, 3.05) is 0 Å². The van der Waals surface area contributed by atoms with Gasteiger partial charge in [0.25, 0.3) is 0 Å². The molecule has 0 spiro atoms. The molecule has 120 valence electrons. The quantitative estimate of drug-likeness (QED) is 0.333. The van der Waals surface area contributed by atoms with Crippen LogP contribution < -0.4 is 0 Å². The van der Waals surface area contributed by atoms with Crippen molar-refractivity contribution >= 4 is 14.0 Å². The Bertz CT molecular complexity index is 412. The largest absolute Gasteiger partial charge is 0.464 e. The number of rotatable bonds is 1. The van der Waals surface area contributed by atoms with Crippen LogP contribution in [0.15, 0.2) is 60.7 Å². The first-order valence-corrected chi connectivity index (χ1v) is 8.44. The Labute approximate surface area is 153 Å². The molecule has 2 aromatic carbocycles. The fraction of sp³-hybridized carbons (Fsp3) is 0.400. The summed E-state index contributed by atoms with van der Waals surface area (Å²) >= 11 is 0. The molecule has 1 aliphatic rings. The van der Waals surface area contributed by atoms with E-state index in [4.69, 9.17) is 0 Å². The third-order valence-electron chi connectivity index (χ3n) is 2.89. The molecule has 0 nitrogen and oxygen atoms in total. The molecule has 0 N–H and O–H groups in total. The first-order valence-electron chi connectivity index (χ1n) is 7.48. The van der Waals surface area contributed by atoms with Gasteiger partial charge in [-0.1, -0.05) is 34.6 Å². The Hall–Kier alpha value is -0.416. The smallest absolute Gasteiger partial charge is 0 e. The Morgan fingerprint density at radius 1 is 0.909 bits per heavy atom. The molecule has 0 bridgehead atoms. The first kappa shape index (κ1) is 21.6. The van der Waals surface area contributed by atoms with E-state index >= 15 is 0 Å². The topological polar surface area (TPSA) is 0 Å². The van der Waals surface area contributed by atoms with Gasteiger partial charge in [-0.05, 0) is 0 Å². The second-order valence-electron chi connectivity index (χ2n) is 6.85. The Morgan fingerprint density at radius 3 is 1.45 bits per heavy atom. The predicted octanol–water partition coefficient (Wildman–Crippen LogP) is 6.08. The molecule has 1 saturated carbocycles. The summed E-state index contributed by atoms with van der Waals surface area (Å²) in [4.78, 5) is 0. The molecule has 2 aromatic rings. The molecule has 22 heavy (non-hydrogen) atoms. The van der Waals surface area contributed by atoms with Crippen molar-refractivity contribution < 1.29 is 21.7 Å². The van der Waals surface area contributed by atoms with E-state index in [1.165, 1.54) is 8.20 Å². The number of hydrogen-bond donors (Lipinski definition) is 0. The van der Waals surface area contributed by atoms with E-state index in [9.17, 15) is 0 Å². The maximum Gasteiger partial charge on any atom is 0 e. The van der Waals surface area contributed by atoms with Gasteiger partial charge < -0.3 is 20.4 Å². The second-order valence-corrected chi connectivity index (χ2v) is 7.89. The molecule has 1 atom stereocenters. The van der Waals surface area contributed by atoms with E-state index in [2.05, 4.69) is 46.8 Å². The van der Waals surface area contributed by atoms with Crippen LogP contribution in [0.3, 0.4) is 0 Å². The van der Waals surface area contributed by atoms with E-state index in [1.807, 2.05) is 60.7 Å². The van der Waals surface area contributed by atoms with Crippen LogP contribution in [-0.2, 0) is 21.7 Å². The van der Waals surface area contributed by atoms with Crippen molar-refractivity contribution in [3.63, 3.8) is 0 Å². The molecular formula is C20H27PTi-4. The average Bonchev–Trinajstić information content (AvgIpc) is 2.98. The fourth-order valence-electron chi connectivity index (χ4n) is 1.47. The van der Waals surface area contributed by atoms with Crippen LogP contribution in [0.5, 0.6) is 0 Å². The summed E-state index contributed by atoms with van der Waals surface area (Å²) in [6.07, 6.45) is 2.40. The van der Waals surface area contributed by atoms with Gasteiger partial charge in [-0.2, -0.15) is 52.9 Å². The molecular weight excluding hydrogens is 319 g/mol. The van der Waals surface area contributed by atoms with Gasteiger partial charge in [0.15, 0.2) is 0 Å². The minimum atomic E-state index is 0. The van der Waals surface area contributed by atoms with Crippen LogP contribution in [0, 0.1) is 17.3 Å². The van der Waals surface area contributed by atoms with Crippen LogP contribution in [0.1, 0.15) is 34.6 Å². The Kier molecular flexibility index (Phi) is 10.2. The van der Waals surface area contributed by atoms with Crippen LogP contribution in [0.25, 0.3) is 0 Å². The molecule has 0 saturated heterocycles. The summed E-state index contributed by atoms with van der Waals surface area (Å²) < 4.78 is 0. The third kappa shape index (κ3) is 11.2. The minimum absolute atomic E-state index is 0. The summed E-state index contributed by atoms with van der Waals surface area (Å²) in [6.45, 7) is 11.2. The first-order chi connectivity index (χ1) is 9.81. The van der Waals surface area contributed by atoms with Gasteiger partial charge in [0.1, 0.15) is 0 Å². The van der Waals surface area contributed by atoms with Gasteiger partial charge in [0.2, 0.25) is 0 Å².